The Balaban J connectivity index is 2.67. The molecular formula is C13H20N2O2S. The molecule has 0 aromatic heterocycles. The zero-order valence-electron chi connectivity index (χ0n) is 11.1. The molecule has 0 aliphatic rings. The van der Waals surface area contributed by atoms with Crippen LogP contribution in [-0.2, 0) is 0 Å². The van der Waals surface area contributed by atoms with Gasteiger partial charge in [-0.3, -0.25) is 10.1 Å². The van der Waals surface area contributed by atoms with Crippen molar-refractivity contribution in [3.63, 3.8) is 0 Å². The number of nitro groups is 1. The van der Waals surface area contributed by atoms with Gasteiger partial charge in [0.2, 0.25) is 0 Å². The van der Waals surface area contributed by atoms with Crippen molar-refractivity contribution in [1.29, 1.82) is 0 Å². The number of anilines is 1. The largest absolute Gasteiger partial charge is 0.382 e. The number of nitro benzene ring substituents is 1. The van der Waals surface area contributed by atoms with Gasteiger partial charge < -0.3 is 5.32 Å². The molecule has 0 saturated heterocycles. The lowest BCUT2D eigenvalue weighted by atomic mass is 10.1. The predicted molar refractivity (Wildman–Crippen MR) is 78.5 cm³/mol. The van der Waals surface area contributed by atoms with E-state index in [0.29, 0.717) is 11.6 Å². The molecule has 0 radical (unpaired) electrons. The second-order valence-corrected chi connectivity index (χ2v) is 5.63. The normalized spacial score (nSPS) is 12.2. The van der Waals surface area contributed by atoms with Gasteiger partial charge in [0.15, 0.2) is 0 Å². The molecule has 0 fully saturated rings. The van der Waals surface area contributed by atoms with E-state index in [1.54, 1.807) is 13.0 Å². The third-order valence-electron chi connectivity index (χ3n) is 2.80. The maximum atomic E-state index is 10.8. The topological polar surface area (TPSA) is 55.2 Å². The maximum absolute atomic E-state index is 10.8. The fourth-order valence-electron chi connectivity index (χ4n) is 1.72. The van der Waals surface area contributed by atoms with Crippen LogP contribution in [0.4, 0.5) is 11.4 Å². The molecule has 0 aliphatic heterocycles. The molecule has 5 heteroatoms. The number of rotatable bonds is 7. The van der Waals surface area contributed by atoms with Crippen molar-refractivity contribution in [2.24, 2.45) is 0 Å². The lowest BCUT2D eigenvalue weighted by Crippen LogP contribution is -2.17. The van der Waals surface area contributed by atoms with Crippen molar-refractivity contribution in [1.82, 2.24) is 0 Å². The minimum absolute atomic E-state index is 0.176. The van der Waals surface area contributed by atoms with E-state index in [2.05, 4.69) is 19.2 Å². The minimum Gasteiger partial charge on any atom is -0.382 e. The van der Waals surface area contributed by atoms with Crippen LogP contribution in [0, 0.1) is 17.0 Å². The van der Waals surface area contributed by atoms with Crippen LogP contribution in [0.5, 0.6) is 0 Å². The van der Waals surface area contributed by atoms with Crippen molar-refractivity contribution in [2.45, 2.75) is 33.2 Å². The van der Waals surface area contributed by atoms with E-state index in [9.17, 15) is 10.1 Å². The van der Waals surface area contributed by atoms with Crippen LogP contribution in [0.1, 0.15) is 25.8 Å². The van der Waals surface area contributed by atoms with Gasteiger partial charge in [0, 0.05) is 23.4 Å². The molecule has 0 aliphatic carbocycles. The first-order valence-corrected chi connectivity index (χ1v) is 7.30. The van der Waals surface area contributed by atoms with Crippen molar-refractivity contribution in [2.75, 3.05) is 16.8 Å². The Morgan fingerprint density at radius 1 is 1.50 bits per heavy atom. The number of nitrogens with zero attached hydrogens (tertiary/aromatic N) is 1. The Kier molecular flexibility index (Phi) is 5.98. The van der Waals surface area contributed by atoms with Crippen molar-refractivity contribution in [3.8, 4) is 0 Å². The van der Waals surface area contributed by atoms with Crippen LogP contribution in [0.3, 0.4) is 0 Å². The van der Waals surface area contributed by atoms with E-state index in [0.717, 1.165) is 23.6 Å². The van der Waals surface area contributed by atoms with E-state index in [1.807, 2.05) is 17.8 Å². The lowest BCUT2D eigenvalue weighted by molar-refractivity contribution is -0.385. The van der Waals surface area contributed by atoms with Gasteiger partial charge in [-0.2, -0.15) is 11.8 Å². The molecule has 1 atom stereocenters. The summed E-state index contributed by atoms with van der Waals surface area (Å²) >= 11 is 1.91. The first-order chi connectivity index (χ1) is 8.56. The average molecular weight is 268 g/mol. The van der Waals surface area contributed by atoms with Crippen LogP contribution >= 0.6 is 11.8 Å². The Labute approximate surface area is 112 Å². The number of benzene rings is 1. The molecule has 1 unspecified atom stereocenters. The molecule has 4 nitrogen and oxygen atoms in total. The highest BCUT2D eigenvalue weighted by molar-refractivity contribution is 7.99. The van der Waals surface area contributed by atoms with Crippen molar-refractivity contribution in [3.05, 3.63) is 33.9 Å². The summed E-state index contributed by atoms with van der Waals surface area (Å²) in [6.45, 7) is 6.04. The summed E-state index contributed by atoms with van der Waals surface area (Å²) in [6, 6.07) is 5.48. The summed E-state index contributed by atoms with van der Waals surface area (Å²) in [4.78, 5) is 10.5. The molecule has 0 spiro atoms. The monoisotopic (exact) mass is 268 g/mol. The van der Waals surface area contributed by atoms with Gasteiger partial charge in [-0.25, -0.2) is 0 Å². The number of hydrogen-bond donors (Lipinski definition) is 1. The number of thioether (sulfide) groups is 1. The third kappa shape index (κ3) is 4.22. The Hall–Kier alpha value is -1.23. The van der Waals surface area contributed by atoms with Gasteiger partial charge in [0.1, 0.15) is 0 Å². The first kappa shape index (κ1) is 14.8. The highest BCUT2D eigenvalue weighted by Gasteiger charge is 2.14. The summed E-state index contributed by atoms with van der Waals surface area (Å²) in [5.74, 6) is 2.24. The van der Waals surface area contributed by atoms with Gasteiger partial charge >= 0.3 is 0 Å². The minimum atomic E-state index is -0.335. The van der Waals surface area contributed by atoms with E-state index in [4.69, 9.17) is 0 Å². The zero-order valence-corrected chi connectivity index (χ0v) is 11.9. The van der Waals surface area contributed by atoms with Crippen LogP contribution < -0.4 is 5.32 Å². The van der Waals surface area contributed by atoms with Crippen LogP contribution in [0.2, 0.25) is 0 Å². The zero-order chi connectivity index (χ0) is 13.5. The molecule has 1 N–H and O–H groups in total. The Morgan fingerprint density at radius 2 is 2.22 bits per heavy atom. The van der Waals surface area contributed by atoms with E-state index < -0.39 is 0 Å². The van der Waals surface area contributed by atoms with E-state index in [1.165, 1.54) is 6.07 Å². The van der Waals surface area contributed by atoms with E-state index in [-0.39, 0.29) is 10.6 Å². The molecule has 0 saturated carbocycles. The molecule has 0 bridgehead atoms. The van der Waals surface area contributed by atoms with Crippen LogP contribution in [0.15, 0.2) is 18.2 Å². The smallest absolute Gasteiger partial charge is 0.274 e. The van der Waals surface area contributed by atoms with Gasteiger partial charge in [0.05, 0.1) is 4.92 Å². The second kappa shape index (κ2) is 7.26. The standard InChI is InChI=1S/C13H20N2O2S/c1-4-18-9-8-10(2)14-12-6-5-7-13(11(12)3)15(16)17/h5-7,10,14H,4,8-9H2,1-3H3. The number of nitrogens with one attached hydrogen (secondary N) is 1. The first-order valence-electron chi connectivity index (χ1n) is 6.14. The van der Waals surface area contributed by atoms with Gasteiger partial charge in [-0.1, -0.05) is 13.0 Å². The highest BCUT2D eigenvalue weighted by Crippen LogP contribution is 2.25. The average Bonchev–Trinajstić information content (AvgIpc) is 2.32. The Morgan fingerprint density at radius 3 is 2.83 bits per heavy atom. The van der Waals surface area contributed by atoms with E-state index >= 15 is 0 Å². The highest BCUT2D eigenvalue weighted by atomic mass is 32.2. The molecule has 1 aromatic rings. The van der Waals surface area contributed by atoms with Crippen LogP contribution in [-0.4, -0.2) is 22.5 Å². The van der Waals surface area contributed by atoms with Gasteiger partial charge in [-0.05, 0) is 37.8 Å². The molecule has 100 valence electrons. The Bertz CT molecular complexity index is 410. The predicted octanol–water partition coefficient (Wildman–Crippen LogP) is 3.85. The maximum Gasteiger partial charge on any atom is 0.274 e. The lowest BCUT2D eigenvalue weighted by Gasteiger charge is -2.16. The molecule has 1 rings (SSSR count). The molecule has 0 amide bonds. The number of hydrogen-bond acceptors (Lipinski definition) is 4. The summed E-state index contributed by atoms with van der Waals surface area (Å²) < 4.78 is 0. The third-order valence-corrected chi connectivity index (χ3v) is 3.74. The molecule has 18 heavy (non-hydrogen) atoms. The van der Waals surface area contributed by atoms with Crippen molar-refractivity contribution < 1.29 is 4.92 Å². The summed E-state index contributed by atoms with van der Waals surface area (Å²) in [5, 5.41) is 14.2. The van der Waals surface area contributed by atoms with Crippen molar-refractivity contribution >= 4 is 23.1 Å². The summed E-state index contributed by atoms with van der Waals surface area (Å²) in [5.41, 5.74) is 1.74. The SMILES string of the molecule is CCSCCC(C)Nc1cccc([N+](=O)[O-])c1C. The second-order valence-electron chi connectivity index (χ2n) is 4.24. The fourth-order valence-corrected chi connectivity index (χ4v) is 2.53. The van der Waals surface area contributed by atoms with Gasteiger partial charge in [-0.15, -0.1) is 0 Å². The van der Waals surface area contributed by atoms with Crippen LogP contribution in [0.25, 0.3) is 0 Å². The summed E-state index contributed by atoms with van der Waals surface area (Å²) in [7, 11) is 0. The van der Waals surface area contributed by atoms with Gasteiger partial charge in [0.25, 0.3) is 5.69 Å². The quantitative estimate of drug-likeness (QED) is 0.463. The summed E-state index contributed by atoms with van der Waals surface area (Å²) in [6.07, 6.45) is 1.06. The molecular weight excluding hydrogens is 248 g/mol. The molecule has 1 aromatic carbocycles. The molecule has 0 heterocycles. The fraction of sp³-hybridized carbons (Fsp3) is 0.538.